The Hall–Kier alpha value is -3.56. The van der Waals surface area contributed by atoms with Crippen LogP contribution in [0.2, 0.25) is 0 Å². The molecule has 1 saturated heterocycles. The minimum Gasteiger partial charge on any atom is -0.487 e. The molecule has 0 radical (unpaired) electrons. The summed E-state index contributed by atoms with van der Waals surface area (Å²) in [5, 5.41) is 0. The molecule has 4 rings (SSSR count). The van der Waals surface area contributed by atoms with E-state index < -0.39 is 17.6 Å². The van der Waals surface area contributed by atoms with Crippen molar-refractivity contribution >= 4 is 23.8 Å². The van der Waals surface area contributed by atoms with Gasteiger partial charge in [-0.3, -0.25) is 4.79 Å². The molecule has 2 aliphatic rings. The van der Waals surface area contributed by atoms with Crippen molar-refractivity contribution in [1.82, 2.24) is 14.9 Å². The molecule has 0 unspecified atom stereocenters. The van der Waals surface area contributed by atoms with E-state index in [0.29, 0.717) is 62.6 Å². The molecule has 1 aromatic carbocycles. The molecule has 10 heteroatoms. The van der Waals surface area contributed by atoms with Crippen LogP contribution >= 0.6 is 0 Å². The molecular weight excluding hydrogens is 446 g/mol. The van der Waals surface area contributed by atoms with Crippen LogP contribution in [0.1, 0.15) is 36.8 Å². The van der Waals surface area contributed by atoms with E-state index in [1.807, 2.05) is 0 Å². The average molecular weight is 472 g/mol. The van der Waals surface area contributed by atoms with Gasteiger partial charge in [-0.1, -0.05) is 0 Å². The Labute approximate surface area is 196 Å². The molecule has 3 heterocycles. The highest BCUT2D eigenvalue weighted by atomic mass is 19.1. The first-order valence-electron chi connectivity index (χ1n) is 11.1. The molecule has 0 atom stereocenters. The lowest BCUT2D eigenvalue weighted by Gasteiger charge is -2.34. The lowest BCUT2D eigenvalue weighted by molar-refractivity contribution is -0.134. The zero-order valence-electron chi connectivity index (χ0n) is 19.1. The van der Waals surface area contributed by atoms with Crippen molar-refractivity contribution in [3.8, 4) is 5.75 Å². The van der Waals surface area contributed by atoms with Gasteiger partial charge < -0.3 is 19.3 Å². The summed E-state index contributed by atoms with van der Waals surface area (Å²) >= 11 is 0. The molecule has 1 amide bonds. The maximum atomic E-state index is 14.0. The number of carbonyl (C=O) groups is 2. The van der Waals surface area contributed by atoms with Gasteiger partial charge in [0.25, 0.3) is 0 Å². The Morgan fingerprint density at radius 2 is 1.88 bits per heavy atom. The van der Waals surface area contributed by atoms with Crippen LogP contribution in [0.4, 0.5) is 14.6 Å². The highest BCUT2D eigenvalue weighted by Crippen LogP contribution is 2.28. The van der Waals surface area contributed by atoms with Crippen molar-refractivity contribution in [1.29, 1.82) is 0 Å². The van der Waals surface area contributed by atoms with E-state index in [-0.39, 0.29) is 17.8 Å². The Balaban J connectivity index is 1.53. The monoisotopic (exact) mass is 472 g/mol. The number of aromatic nitrogens is 2. The fourth-order valence-electron chi connectivity index (χ4n) is 4.10. The van der Waals surface area contributed by atoms with Gasteiger partial charge in [0.05, 0.1) is 25.0 Å². The highest BCUT2D eigenvalue weighted by molar-refractivity contribution is 5.87. The van der Waals surface area contributed by atoms with Gasteiger partial charge in [-0.2, -0.15) is 0 Å². The quantitative estimate of drug-likeness (QED) is 0.489. The van der Waals surface area contributed by atoms with Gasteiger partial charge in [0, 0.05) is 58.0 Å². The Kier molecular flexibility index (Phi) is 7.04. The van der Waals surface area contributed by atoms with Crippen LogP contribution in [0.25, 0.3) is 6.08 Å². The van der Waals surface area contributed by atoms with Gasteiger partial charge in [0.2, 0.25) is 5.91 Å². The maximum absolute atomic E-state index is 14.0. The number of ether oxygens (including phenoxy) is 2. The van der Waals surface area contributed by atoms with Gasteiger partial charge in [-0.25, -0.2) is 23.5 Å². The number of methoxy groups -OCH3 is 1. The molecule has 0 bridgehead atoms. The van der Waals surface area contributed by atoms with Crippen molar-refractivity contribution in [3.05, 3.63) is 53.0 Å². The number of hydrogen-bond acceptors (Lipinski definition) is 7. The smallest absolute Gasteiger partial charge is 0.330 e. The first-order valence-corrected chi connectivity index (χ1v) is 11.1. The zero-order valence-corrected chi connectivity index (χ0v) is 19.1. The van der Waals surface area contributed by atoms with E-state index in [1.165, 1.54) is 32.2 Å². The van der Waals surface area contributed by atoms with Crippen molar-refractivity contribution in [3.63, 3.8) is 0 Å². The number of fused-ring (bicyclic) bond motifs is 1. The number of nitrogens with zero attached hydrogens (tertiary/aromatic N) is 4. The number of carbonyl (C=O) groups excluding carboxylic acids is 2. The highest BCUT2D eigenvalue weighted by Gasteiger charge is 2.27. The van der Waals surface area contributed by atoms with Gasteiger partial charge >= 0.3 is 5.97 Å². The van der Waals surface area contributed by atoms with Gasteiger partial charge in [-0.15, -0.1) is 0 Å². The van der Waals surface area contributed by atoms with Crippen LogP contribution in [-0.4, -0.2) is 59.6 Å². The van der Waals surface area contributed by atoms with Crippen molar-refractivity contribution < 1.29 is 27.8 Å². The predicted molar refractivity (Wildman–Crippen MR) is 120 cm³/mol. The number of esters is 1. The fourth-order valence-corrected chi connectivity index (χ4v) is 4.10. The lowest BCUT2D eigenvalue weighted by atomic mass is 10.1. The van der Waals surface area contributed by atoms with E-state index in [2.05, 4.69) is 4.90 Å². The Morgan fingerprint density at radius 3 is 2.56 bits per heavy atom. The number of piperidine rings is 1. The largest absolute Gasteiger partial charge is 0.487 e. The number of amides is 1. The second-order valence-corrected chi connectivity index (χ2v) is 8.25. The third-order valence-corrected chi connectivity index (χ3v) is 5.97. The molecule has 2 aliphatic heterocycles. The summed E-state index contributed by atoms with van der Waals surface area (Å²) in [6, 6.07) is 3.27. The summed E-state index contributed by atoms with van der Waals surface area (Å²) in [7, 11) is 1.30. The first-order chi connectivity index (χ1) is 16.3. The molecular formula is C24H26F2N4O4. The summed E-state index contributed by atoms with van der Waals surface area (Å²) in [5.74, 6) is -1.23. The lowest BCUT2D eigenvalue weighted by Crippen LogP contribution is -2.40. The molecule has 1 fully saturated rings. The van der Waals surface area contributed by atoms with Crippen LogP contribution in [0, 0.1) is 11.6 Å². The SMILES string of the molecule is COC(=O)C=Cc1nc2c(nc1N1CCC(Oc3ccc(F)cc3F)CC1)CCN(C(C)=O)C2. The van der Waals surface area contributed by atoms with Gasteiger partial charge in [0.1, 0.15) is 17.6 Å². The number of rotatable bonds is 5. The van der Waals surface area contributed by atoms with Crippen LogP contribution in [0.3, 0.4) is 0 Å². The summed E-state index contributed by atoms with van der Waals surface area (Å²) in [6.45, 7) is 3.64. The molecule has 0 spiro atoms. The molecule has 0 N–H and O–H groups in total. The fraction of sp³-hybridized carbons (Fsp3) is 0.417. The molecule has 1 aromatic heterocycles. The Morgan fingerprint density at radius 1 is 1.12 bits per heavy atom. The Bertz CT molecular complexity index is 1120. The van der Waals surface area contributed by atoms with E-state index in [0.717, 1.165) is 11.8 Å². The van der Waals surface area contributed by atoms with Crippen LogP contribution in [0.5, 0.6) is 5.75 Å². The normalized spacial score (nSPS) is 16.5. The summed E-state index contributed by atoms with van der Waals surface area (Å²) in [5.41, 5.74) is 2.05. The zero-order chi connectivity index (χ0) is 24.2. The van der Waals surface area contributed by atoms with E-state index >= 15 is 0 Å². The van der Waals surface area contributed by atoms with E-state index in [9.17, 15) is 18.4 Å². The van der Waals surface area contributed by atoms with Gasteiger partial charge in [0.15, 0.2) is 17.4 Å². The minimum atomic E-state index is -0.724. The van der Waals surface area contributed by atoms with E-state index in [4.69, 9.17) is 19.4 Å². The molecule has 34 heavy (non-hydrogen) atoms. The number of halogens is 2. The summed E-state index contributed by atoms with van der Waals surface area (Å²) < 4.78 is 37.6. The molecule has 0 saturated carbocycles. The second-order valence-electron chi connectivity index (χ2n) is 8.25. The third-order valence-electron chi connectivity index (χ3n) is 5.97. The second kappa shape index (κ2) is 10.1. The summed E-state index contributed by atoms with van der Waals surface area (Å²) in [6.07, 6.45) is 4.44. The standard InChI is InChI=1S/C24H26F2N4O4/c1-15(31)30-12-9-19-21(14-30)27-20(4-6-23(32)33-2)24(28-19)29-10-7-17(8-11-29)34-22-5-3-16(25)13-18(22)26/h3-6,13,17H,7-12,14H2,1-2H3. The predicted octanol–water partition coefficient (Wildman–Crippen LogP) is 2.89. The van der Waals surface area contributed by atoms with Crippen molar-refractivity contribution in [2.24, 2.45) is 0 Å². The van der Waals surface area contributed by atoms with Gasteiger partial charge in [-0.05, 0) is 18.2 Å². The van der Waals surface area contributed by atoms with Crippen LogP contribution in [-0.2, 0) is 27.3 Å². The molecule has 180 valence electrons. The summed E-state index contributed by atoms with van der Waals surface area (Å²) in [4.78, 5) is 36.8. The average Bonchev–Trinajstić information content (AvgIpc) is 2.83. The maximum Gasteiger partial charge on any atom is 0.330 e. The molecule has 2 aromatic rings. The van der Waals surface area contributed by atoms with E-state index in [1.54, 1.807) is 11.0 Å². The number of benzene rings is 1. The van der Waals surface area contributed by atoms with Crippen molar-refractivity contribution in [2.45, 2.75) is 38.8 Å². The number of anilines is 1. The van der Waals surface area contributed by atoms with Crippen LogP contribution in [0.15, 0.2) is 24.3 Å². The molecule has 0 aliphatic carbocycles. The first kappa shape index (κ1) is 23.6. The number of hydrogen-bond donors (Lipinski definition) is 0. The minimum absolute atomic E-state index is 0.0251. The molecule has 8 nitrogen and oxygen atoms in total. The third kappa shape index (κ3) is 5.32. The van der Waals surface area contributed by atoms with Crippen molar-refractivity contribution in [2.75, 3.05) is 31.6 Å². The van der Waals surface area contributed by atoms with Crippen LogP contribution < -0.4 is 9.64 Å². The topological polar surface area (TPSA) is 84.9 Å².